The third-order valence-electron chi connectivity index (χ3n) is 3.94. The lowest BCUT2D eigenvalue weighted by Gasteiger charge is -2.21. The molecule has 1 aliphatic heterocycles. The van der Waals surface area contributed by atoms with Gasteiger partial charge in [0, 0.05) is 19.6 Å². The van der Waals surface area contributed by atoms with Gasteiger partial charge in [0.2, 0.25) is 10.0 Å². The Hall–Kier alpha value is -0.870. The standard InChI is InChI=1S/C16H26N4O2S.HI/c1-14-6-8-15(9-7-14)23(21,22)19-11-10-18-16(17)20-12-4-2-3-5-13-20;/h6-9,19H,2-5,10-13H2,1H3,(H2,17,18);1H. The molecule has 1 heterocycles. The topological polar surface area (TPSA) is 87.8 Å². The minimum Gasteiger partial charge on any atom is -0.370 e. The van der Waals surface area contributed by atoms with E-state index in [1.165, 1.54) is 12.8 Å². The Labute approximate surface area is 162 Å². The number of sulfonamides is 1. The summed E-state index contributed by atoms with van der Waals surface area (Å²) in [7, 11) is -3.48. The molecule has 1 saturated heterocycles. The quantitative estimate of drug-likeness (QED) is 0.301. The van der Waals surface area contributed by atoms with Crippen LogP contribution in [0.4, 0.5) is 0 Å². The molecule has 0 radical (unpaired) electrons. The number of benzene rings is 1. The maximum absolute atomic E-state index is 12.1. The van der Waals surface area contributed by atoms with Gasteiger partial charge in [0.25, 0.3) is 0 Å². The number of guanidine groups is 1. The van der Waals surface area contributed by atoms with Crippen LogP contribution in [0.5, 0.6) is 0 Å². The van der Waals surface area contributed by atoms with Crippen LogP contribution in [0.15, 0.2) is 34.2 Å². The summed E-state index contributed by atoms with van der Waals surface area (Å²) in [5.74, 6) is 0.515. The molecule has 0 bridgehead atoms. The van der Waals surface area contributed by atoms with E-state index in [-0.39, 0.29) is 35.4 Å². The molecule has 3 N–H and O–H groups in total. The molecule has 1 aromatic rings. The van der Waals surface area contributed by atoms with Crippen LogP contribution in [-0.2, 0) is 10.0 Å². The summed E-state index contributed by atoms with van der Waals surface area (Å²) in [6, 6.07) is 6.77. The Bertz CT molecular complexity index is 624. The van der Waals surface area contributed by atoms with E-state index in [1.54, 1.807) is 24.3 Å². The SMILES string of the molecule is Cc1ccc(S(=O)(=O)NCCN=C(N)N2CCCCCC2)cc1.I. The van der Waals surface area contributed by atoms with Crippen molar-refractivity contribution in [2.75, 3.05) is 26.2 Å². The molecule has 1 aromatic carbocycles. The smallest absolute Gasteiger partial charge is 0.240 e. The fraction of sp³-hybridized carbons (Fsp3) is 0.562. The number of likely N-dealkylation sites (tertiary alicyclic amines) is 1. The van der Waals surface area contributed by atoms with Crippen molar-refractivity contribution < 1.29 is 8.42 Å². The lowest BCUT2D eigenvalue weighted by atomic mass is 10.2. The fourth-order valence-corrected chi connectivity index (χ4v) is 3.57. The van der Waals surface area contributed by atoms with Crippen LogP contribution in [0, 0.1) is 6.92 Å². The number of nitrogens with one attached hydrogen (secondary N) is 1. The highest BCUT2D eigenvalue weighted by molar-refractivity contribution is 14.0. The van der Waals surface area contributed by atoms with Gasteiger partial charge in [-0.1, -0.05) is 30.5 Å². The lowest BCUT2D eigenvalue weighted by molar-refractivity contribution is 0.428. The summed E-state index contributed by atoms with van der Waals surface area (Å²) in [5, 5.41) is 0. The number of nitrogens with two attached hydrogens (primary N) is 1. The average molecular weight is 466 g/mol. The molecule has 0 atom stereocenters. The van der Waals surface area contributed by atoms with Crippen LogP contribution in [0.2, 0.25) is 0 Å². The van der Waals surface area contributed by atoms with E-state index in [9.17, 15) is 8.42 Å². The third-order valence-corrected chi connectivity index (χ3v) is 5.42. The molecule has 1 aliphatic rings. The summed E-state index contributed by atoms with van der Waals surface area (Å²) >= 11 is 0. The number of aliphatic imine (C=N–C) groups is 1. The predicted molar refractivity (Wildman–Crippen MR) is 108 cm³/mol. The first-order valence-corrected chi connectivity index (χ1v) is 9.58. The van der Waals surface area contributed by atoms with Crippen molar-refractivity contribution >= 4 is 40.0 Å². The molecule has 0 saturated carbocycles. The molecule has 0 aromatic heterocycles. The number of rotatable bonds is 5. The van der Waals surface area contributed by atoms with Gasteiger partial charge in [0.15, 0.2) is 5.96 Å². The van der Waals surface area contributed by atoms with E-state index >= 15 is 0 Å². The fourth-order valence-electron chi connectivity index (χ4n) is 2.55. The van der Waals surface area contributed by atoms with Crippen molar-refractivity contribution in [3.05, 3.63) is 29.8 Å². The van der Waals surface area contributed by atoms with Crippen LogP contribution in [0.25, 0.3) is 0 Å². The number of halogens is 1. The summed E-state index contributed by atoms with van der Waals surface area (Å²) in [6.07, 6.45) is 4.74. The first kappa shape index (κ1) is 21.2. The van der Waals surface area contributed by atoms with Gasteiger partial charge in [0.05, 0.1) is 11.4 Å². The zero-order valence-corrected chi connectivity index (χ0v) is 17.2. The number of hydrogen-bond donors (Lipinski definition) is 2. The van der Waals surface area contributed by atoms with Crippen LogP contribution in [0.3, 0.4) is 0 Å². The Morgan fingerprint density at radius 3 is 2.33 bits per heavy atom. The van der Waals surface area contributed by atoms with E-state index in [0.29, 0.717) is 12.5 Å². The lowest BCUT2D eigenvalue weighted by Crippen LogP contribution is -2.38. The Balaban J connectivity index is 0.00000288. The first-order chi connectivity index (χ1) is 11.0. The highest BCUT2D eigenvalue weighted by Gasteiger charge is 2.13. The van der Waals surface area contributed by atoms with Crippen molar-refractivity contribution in [3.63, 3.8) is 0 Å². The maximum Gasteiger partial charge on any atom is 0.240 e. The normalized spacial score (nSPS) is 16.4. The Morgan fingerprint density at radius 1 is 1.17 bits per heavy atom. The second kappa shape index (κ2) is 10.2. The maximum atomic E-state index is 12.1. The van der Waals surface area contributed by atoms with Gasteiger partial charge in [-0.2, -0.15) is 0 Å². The summed E-state index contributed by atoms with van der Waals surface area (Å²) in [4.78, 5) is 6.65. The molecular weight excluding hydrogens is 439 g/mol. The van der Waals surface area contributed by atoms with Crippen molar-refractivity contribution in [1.82, 2.24) is 9.62 Å². The van der Waals surface area contributed by atoms with Gasteiger partial charge in [-0.15, -0.1) is 24.0 Å². The van der Waals surface area contributed by atoms with Gasteiger partial charge in [-0.3, -0.25) is 4.99 Å². The molecule has 2 rings (SSSR count). The Morgan fingerprint density at radius 2 is 1.75 bits per heavy atom. The van der Waals surface area contributed by atoms with E-state index in [0.717, 1.165) is 31.5 Å². The van der Waals surface area contributed by atoms with E-state index in [4.69, 9.17) is 5.73 Å². The molecule has 0 aliphatic carbocycles. The highest BCUT2D eigenvalue weighted by atomic mass is 127. The van der Waals surface area contributed by atoms with E-state index in [1.807, 2.05) is 6.92 Å². The molecular formula is C16H27IN4O2S. The number of aryl methyl sites for hydroxylation is 1. The minimum atomic E-state index is -3.48. The van der Waals surface area contributed by atoms with Crippen LogP contribution < -0.4 is 10.5 Å². The molecule has 136 valence electrons. The van der Waals surface area contributed by atoms with Crippen molar-refractivity contribution in [2.45, 2.75) is 37.5 Å². The predicted octanol–water partition coefficient (Wildman–Crippen LogP) is 2.08. The summed E-state index contributed by atoms with van der Waals surface area (Å²) < 4.78 is 26.8. The summed E-state index contributed by atoms with van der Waals surface area (Å²) in [6.45, 7) is 4.37. The Kier molecular flexibility index (Phi) is 8.99. The van der Waals surface area contributed by atoms with E-state index < -0.39 is 10.0 Å². The van der Waals surface area contributed by atoms with Gasteiger partial charge in [0.1, 0.15) is 0 Å². The number of hydrogen-bond acceptors (Lipinski definition) is 3. The zero-order valence-electron chi connectivity index (χ0n) is 14.1. The third kappa shape index (κ3) is 6.56. The molecule has 6 nitrogen and oxygen atoms in total. The van der Waals surface area contributed by atoms with Gasteiger partial charge in [-0.05, 0) is 31.9 Å². The van der Waals surface area contributed by atoms with Gasteiger partial charge >= 0.3 is 0 Å². The van der Waals surface area contributed by atoms with Gasteiger partial charge < -0.3 is 10.6 Å². The second-order valence-corrected chi connectivity index (χ2v) is 7.62. The van der Waals surface area contributed by atoms with Crippen molar-refractivity contribution in [3.8, 4) is 0 Å². The second-order valence-electron chi connectivity index (χ2n) is 5.85. The monoisotopic (exact) mass is 466 g/mol. The van der Waals surface area contributed by atoms with Crippen LogP contribution >= 0.6 is 24.0 Å². The van der Waals surface area contributed by atoms with Crippen LogP contribution in [-0.4, -0.2) is 45.5 Å². The summed E-state index contributed by atoms with van der Waals surface area (Å²) in [5.41, 5.74) is 7.02. The number of nitrogens with zero attached hydrogens (tertiary/aromatic N) is 2. The molecule has 24 heavy (non-hydrogen) atoms. The molecule has 8 heteroatoms. The zero-order chi connectivity index (χ0) is 16.7. The van der Waals surface area contributed by atoms with Gasteiger partial charge in [-0.25, -0.2) is 13.1 Å². The minimum absolute atomic E-state index is 0. The highest BCUT2D eigenvalue weighted by Crippen LogP contribution is 2.10. The molecule has 0 unspecified atom stereocenters. The average Bonchev–Trinajstić information content (AvgIpc) is 2.81. The van der Waals surface area contributed by atoms with Crippen molar-refractivity contribution in [1.29, 1.82) is 0 Å². The molecule has 1 fully saturated rings. The largest absolute Gasteiger partial charge is 0.370 e. The first-order valence-electron chi connectivity index (χ1n) is 8.10. The van der Waals surface area contributed by atoms with Crippen LogP contribution in [0.1, 0.15) is 31.2 Å². The van der Waals surface area contributed by atoms with E-state index in [2.05, 4.69) is 14.6 Å². The molecule has 0 amide bonds. The molecule has 0 spiro atoms. The van der Waals surface area contributed by atoms with Crippen molar-refractivity contribution in [2.24, 2.45) is 10.7 Å².